The first kappa shape index (κ1) is 25.3. The molecule has 0 saturated carbocycles. The number of nitrogens with zero attached hydrogens (tertiary/aromatic N) is 1. The van der Waals surface area contributed by atoms with Gasteiger partial charge in [-0.1, -0.05) is 103 Å². The number of benzene rings is 7. The summed E-state index contributed by atoms with van der Waals surface area (Å²) in [6.45, 7) is 4.40. The highest BCUT2D eigenvalue weighted by Crippen LogP contribution is 2.43. The molecule has 7 aromatic carbocycles. The van der Waals surface area contributed by atoms with Crippen LogP contribution in [0.4, 0.5) is 0 Å². The molecule has 0 spiro atoms. The lowest BCUT2D eigenvalue weighted by atomic mass is 9.92. The molecule has 0 aliphatic carbocycles. The van der Waals surface area contributed by atoms with Gasteiger partial charge in [0.2, 0.25) is 0 Å². The van der Waals surface area contributed by atoms with Gasteiger partial charge in [-0.3, -0.25) is 0 Å². The van der Waals surface area contributed by atoms with Gasteiger partial charge in [0.15, 0.2) is 0 Å². The van der Waals surface area contributed by atoms with Crippen LogP contribution in [0.25, 0.3) is 81.0 Å². The third-order valence-electron chi connectivity index (χ3n) is 9.26. The van der Waals surface area contributed by atoms with Crippen LogP contribution in [0.3, 0.4) is 0 Å². The van der Waals surface area contributed by atoms with Gasteiger partial charge in [0.1, 0.15) is 0 Å². The van der Waals surface area contributed by atoms with E-state index in [0.29, 0.717) is 0 Å². The van der Waals surface area contributed by atoms with Crippen molar-refractivity contribution in [1.29, 1.82) is 0 Å². The summed E-state index contributed by atoms with van der Waals surface area (Å²) in [7, 11) is 0. The van der Waals surface area contributed by atoms with Gasteiger partial charge in [-0.05, 0) is 106 Å². The number of aromatic nitrogens is 1. The zero-order chi connectivity index (χ0) is 29.4. The summed E-state index contributed by atoms with van der Waals surface area (Å²) in [6, 6.07) is 51.6. The van der Waals surface area contributed by atoms with E-state index in [2.05, 4.69) is 158 Å². The molecule has 208 valence electrons. The monoisotopic (exact) mass is 579 g/mol. The van der Waals surface area contributed by atoms with E-state index in [1.54, 1.807) is 0 Å². The largest absolute Gasteiger partial charge is 0.306 e. The minimum atomic E-state index is 1.23. The average molecular weight is 580 g/mol. The number of aryl methyl sites for hydroxylation is 2. The molecule has 0 unspecified atom stereocenters. The summed E-state index contributed by atoms with van der Waals surface area (Å²) in [5, 5.41) is 5.24. The van der Waals surface area contributed by atoms with E-state index in [9.17, 15) is 0 Å². The SMILES string of the molecule is Cc1ccccc1-c1cc(-c2cccc(-c3ccc4sc5cccc6c5-n(c4c3)c3cccc4cccc6c43)c2)ccc1C. The summed E-state index contributed by atoms with van der Waals surface area (Å²) >= 11 is 1.88. The molecule has 44 heavy (non-hydrogen) atoms. The smallest absolute Gasteiger partial charge is 0.0713 e. The second-order valence-electron chi connectivity index (χ2n) is 11.9. The van der Waals surface area contributed by atoms with Crippen LogP contribution >= 0.6 is 11.3 Å². The third-order valence-corrected chi connectivity index (χ3v) is 10.4. The Bertz CT molecular complexity index is 2520. The van der Waals surface area contributed by atoms with Gasteiger partial charge >= 0.3 is 0 Å². The standard InChI is InChI=1S/C42H29NS/c1-26-9-3-4-14-33(26)36-24-31(20-19-27(36)2)29-12-5-13-30(23-29)32-21-22-39-38(25-32)43-37-17-7-11-28-10-6-15-34(41(28)37)35-16-8-18-40(44-39)42(35)43/h3-25H,1-2H3. The van der Waals surface area contributed by atoms with Crippen molar-refractivity contribution in [2.45, 2.75) is 13.8 Å². The highest BCUT2D eigenvalue weighted by atomic mass is 32.1. The van der Waals surface area contributed by atoms with Crippen molar-refractivity contribution < 1.29 is 0 Å². The number of hydrogen-bond donors (Lipinski definition) is 0. The molecule has 2 heterocycles. The van der Waals surface area contributed by atoms with Crippen LogP contribution in [0.2, 0.25) is 0 Å². The average Bonchev–Trinajstić information content (AvgIpc) is 3.07. The number of pyridine rings is 1. The van der Waals surface area contributed by atoms with Crippen molar-refractivity contribution >= 4 is 53.3 Å². The fraction of sp³-hybridized carbons (Fsp3) is 0.0476. The first-order valence-electron chi connectivity index (χ1n) is 15.2. The van der Waals surface area contributed by atoms with Gasteiger partial charge in [-0.25, -0.2) is 0 Å². The summed E-state index contributed by atoms with van der Waals surface area (Å²) in [5.41, 5.74) is 13.9. The molecule has 2 aliphatic rings. The molecule has 7 aromatic rings. The zero-order valence-corrected chi connectivity index (χ0v) is 25.5. The minimum absolute atomic E-state index is 1.23. The van der Waals surface area contributed by atoms with Gasteiger partial charge in [0.25, 0.3) is 0 Å². The second kappa shape index (κ2) is 9.67. The van der Waals surface area contributed by atoms with Crippen LogP contribution in [0.1, 0.15) is 11.1 Å². The van der Waals surface area contributed by atoms with E-state index in [0.717, 1.165) is 0 Å². The molecule has 2 aliphatic heterocycles. The second-order valence-corrected chi connectivity index (χ2v) is 13.0. The van der Waals surface area contributed by atoms with Crippen molar-refractivity contribution in [1.82, 2.24) is 4.57 Å². The van der Waals surface area contributed by atoms with Crippen molar-refractivity contribution in [2.24, 2.45) is 0 Å². The maximum Gasteiger partial charge on any atom is 0.0713 e. The zero-order valence-electron chi connectivity index (χ0n) is 24.6. The van der Waals surface area contributed by atoms with Crippen LogP contribution in [-0.2, 0) is 0 Å². The first-order chi connectivity index (χ1) is 21.6. The molecule has 0 atom stereocenters. The Hall–Kier alpha value is -5.18. The lowest BCUT2D eigenvalue weighted by Gasteiger charge is -2.23. The van der Waals surface area contributed by atoms with E-state index in [4.69, 9.17) is 0 Å². The van der Waals surface area contributed by atoms with E-state index < -0.39 is 0 Å². The molecular formula is C42H29NS. The van der Waals surface area contributed by atoms with E-state index >= 15 is 0 Å². The van der Waals surface area contributed by atoms with Crippen LogP contribution in [0, 0.1) is 13.8 Å². The summed E-state index contributed by atoms with van der Waals surface area (Å²) in [5.74, 6) is 0. The van der Waals surface area contributed by atoms with Gasteiger partial charge in [0.05, 0.1) is 26.1 Å². The number of rotatable bonds is 3. The maximum atomic E-state index is 2.51. The van der Waals surface area contributed by atoms with Gasteiger partial charge < -0.3 is 4.57 Å². The number of para-hydroxylation sites is 1. The van der Waals surface area contributed by atoms with Crippen LogP contribution in [0.5, 0.6) is 0 Å². The summed E-state index contributed by atoms with van der Waals surface area (Å²) in [6.07, 6.45) is 0. The number of fused-ring (bicyclic) bond motifs is 4. The van der Waals surface area contributed by atoms with Gasteiger partial charge in [-0.15, -0.1) is 11.3 Å². The van der Waals surface area contributed by atoms with Gasteiger partial charge in [-0.2, -0.15) is 0 Å². The Balaban J connectivity index is 1.25. The fourth-order valence-corrected chi connectivity index (χ4v) is 8.15. The molecule has 0 amide bonds. The normalized spacial score (nSPS) is 11.9. The van der Waals surface area contributed by atoms with Gasteiger partial charge in [0, 0.05) is 10.8 Å². The Morgan fingerprint density at radius 1 is 0.455 bits per heavy atom. The quantitative estimate of drug-likeness (QED) is 0.145. The minimum Gasteiger partial charge on any atom is -0.306 e. The molecule has 0 fully saturated rings. The third kappa shape index (κ3) is 3.78. The maximum absolute atomic E-state index is 2.51. The number of hydrogen-bond acceptors (Lipinski definition) is 1. The van der Waals surface area contributed by atoms with Crippen LogP contribution in [0.15, 0.2) is 140 Å². The molecule has 0 saturated heterocycles. The molecule has 0 N–H and O–H groups in total. The Labute approximate surface area is 260 Å². The lowest BCUT2D eigenvalue weighted by molar-refractivity contribution is 1.20. The summed E-state index contributed by atoms with van der Waals surface area (Å²) in [4.78, 5) is 0. The molecule has 0 bridgehead atoms. The van der Waals surface area contributed by atoms with Crippen molar-refractivity contribution in [3.05, 3.63) is 151 Å². The van der Waals surface area contributed by atoms with Crippen LogP contribution in [-0.4, -0.2) is 4.57 Å². The van der Waals surface area contributed by atoms with E-state index in [1.165, 1.54) is 92.2 Å². The van der Waals surface area contributed by atoms with E-state index in [-0.39, 0.29) is 0 Å². The van der Waals surface area contributed by atoms with Crippen molar-refractivity contribution in [3.63, 3.8) is 0 Å². The van der Waals surface area contributed by atoms with Crippen molar-refractivity contribution in [3.8, 4) is 39.1 Å². The van der Waals surface area contributed by atoms with Crippen molar-refractivity contribution in [2.75, 3.05) is 0 Å². The predicted octanol–water partition coefficient (Wildman–Crippen LogP) is 12.2. The molecule has 2 heteroatoms. The highest BCUT2D eigenvalue weighted by Gasteiger charge is 2.19. The molecule has 0 aromatic heterocycles. The lowest BCUT2D eigenvalue weighted by Crippen LogP contribution is -2.04. The molecule has 9 rings (SSSR count). The van der Waals surface area contributed by atoms with E-state index in [1.807, 2.05) is 11.3 Å². The topological polar surface area (TPSA) is 4.93 Å². The Morgan fingerprint density at radius 3 is 2.00 bits per heavy atom. The predicted molar refractivity (Wildman–Crippen MR) is 191 cm³/mol. The molecule has 1 nitrogen and oxygen atoms in total. The Morgan fingerprint density at radius 2 is 1.14 bits per heavy atom. The fourth-order valence-electron chi connectivity index (χ4n) is 7.08. The Kier molecular flexibility index (Phi) is 5.57. The molecular weight excluding hydrogens is 551 g/mol. The van der Waals surface area contributed by atoms with Crippen LogP contribution < -0.4 is 0 Å². The summed E-state index contributed by atoms with van der Waals surface area (Å²) < 4.78 is 5.10. The molecule has 0 radical (unpaired) electrons. The highest BCUT2D eigenvalue weighted by molar-refractivity contribution is 7.24. The first-order valence-corrected chi connectivity index (χ1v) is 16.0.